The van der Waals surface area contributed by atoms with Crippen molar-refractivity contribution in [2.24, 2.45) is 5.92 Å². The third-order valence-corrected chi connectivity index (χ3v) is 15.8. The number of para-hydroxylation sites is 5. The van der Waals surface area contributed by atoms with Gasteiger partial charge in [-0.3, -0.25) is 9.80 Å². The van der Waals surface area contributed by atoms with Gasteiger partial charge in [-0.2, -0.15) is 13.5 Å². The summed E-state index contributed by atoms with van der Waals surface area (Å²) in [4.78, 5) is 7.23. The van der Waals surface area contributed by atoms with Crippen molar-refractivity contribution >= 4 is 62.8 Å². The maximum Gasteiger partial charge on any atom is 0.166 e. The van der Waals surface area contributed by atoms with Crippen LogP contribution in [0.3, 0.4) is 0 Å². The summed E-state index contributed by atoms with van der Waals surface area (Å²) in [5.74, 6) is 2.86. The Morgan fingerprint density at radius 2 is 0.727 bits per heavy atom. The maximum absolute atomic E-state index is 5.76. The van der Waals surface area contributed by atoms with Crippen LogP contribution in [0.25, 0.3) is 16.9 Å². The number of nitrogens with zero attached hydrogens (tertiary/aromatic N) is 9. The minimum atomic E-state index is -0.211. The lowest BCUT2D eigenvalue weighted by atomic mass is 9.65. The SMILES string of the molecule is Cc1c(N2c3ccccc3C(C)(C)c3ccccc32)nn2c1n1nc(N3c4ccccc4C(C)(C)c4ccccc43)c(C)c1n1nc(N3c4ccccc4C(C)(C)C4C=CC=CC43)c(C)c21. The van der Waals surface area contributed by atoms with Crippen LogP contribution < -0.4 is 14.7 Å². The highest BCUT2D eigenvalue weighted by atomic mass is 15.5. The van der Waals surface area contributed by atoms with Gasteiger partial charge >= 0.3 is 0 Å². The first-order valence-corrected chi connectivity index (χ1v) is 23.3. The molecule has 0 radical (unpaired) electrons. The second-order valence-corrected chi connectivity index (χ2v) is 20.4. The molecule has 0 fully saturated rings. The van der Waals surface area contributed by atoms with Crippen molar-refractivity contribution in [1.82, 2.24) is 28.8 Å². The van der Waals surface area contributed by atoms with Gasteiger partial charge in [0.25, 0.3) is 0 Å². The average Bonchev–Trinajstić information content (AvgIpc) is 3.96. The van der Waals surface area contributed by atoms with E-state index < -0.39 is 0 Å². The molecule has 0 saturated carbocycles. The zero-order valence-electron chi connectivity index (χ0n) is 39.0. The Bertz CT molecular complexity index is 3410. The van der Waals surface area contributed by atoms with Crippen molar-refractivity contribution in [3.8, 4) is 0 Å². The van der Waals surface area contributed by atoms with E-state index in [0.29, 0.717) is 0 Å². The molecule has 9 aromatic rings. The van der Waals surface area contributed by atoms with Crippen LogP contribution in [0, 0.1) is 26.7 Å². The van der Waals surface area contributed by atoms with Crippen molar-refractivity contribution in [3.63, 3.8) is 0 Å². The zero-order valence-corrected chi connectivity index (χ0v) is 39.0. The van der Waals surface area contributed by atoms with E-state index in [-0.39, 0.29) is 28.2 Å². The molecule has 3 aliphatic heterocycles. The molecule has 4 aliphatic rings. The lowest BCUT2D eigenvalue weighted by molar-refractivity contribution is 0.331. The number of hydrogen-bond donors (Lipinski definition) is 0. The topological polar surface area (TPSA) is 61.6 Å². The van der Waals surface area contributed by atoms with E-state index in [1.54, 1.807) is 0 Å². The Hall–Kier alpha value is -7.39. The van der Waals surface area contributed by atoms with Crippen molar-refractivity contribution in [3.05, 3.63) is 190 Å². The molecule has 7 heterocycles. The van der Waals surface area contributed by atoms with Crippen molar-refractivity contribution in [2.75, 3.05) is 14.7 Å². The molecule has 1 aliphatic carbocycles. The second-order valence-electron chi connectivity index (χ2n) is 20.4. The van der Waals surface area contributed by atoms with Gasteiger partial charge < -0.3 is 4.90 Å². The Balaban J connectivity index is 1.15. The van der Waals surface area contributed by atoms with E-state index in [9.17, 15) is 0 Å². The smallest absolute Gasteiger partial charge is 0.166 e. The fraction of sp³-hybridized carbons (Fsp3) is 0.246. The monoisotopic (exact) mass is 863 g/mol. The summed E-state index contributed by atoms with van der Waals surface area (Å²) in [6.07, 6.45) is 9.15. The van der Waals surface area contributed by atoms with E-state index in [1.807, 2.05) is 0 Å². The molecule has 0 bridgehead atoms. The summed E-state index contributed by atoms with van der Waals surface area (Å²) in [6, 6.07) is 44.2. The summed E-state index contributed by atoms with van der Waals surface area (Å²) in [7, 11) is 0. The van der Waals surface area contributed by atoms with Crippen molar-refractivity contribution in [2.45, 2.75) is 84.6 Å². The Morgan fingerprint density at radius 3 is 1.15 bits per heavy atom. The quantitative estimate of drug-likeness (QED) is 0.176. The minimum absolute atomic E-state index is 0.0564. The number of fused-ring (bicyclic) bond motifs is 12. The number of benzene rings is 5. The Kier molecular flexibility index (Phi) is 7.76. The fourth-order valence-electron chi connectivity index (χ4n) is 12.4. The van der Waals surface area contributed by atoms with Gasteiger partial charge in [0, 0.05) is 44.5 Å². The summed E-state index contributed by atoms with van der Waals surface area (Å²) >= 11 is 0. The predicted molar refractivity (Wildman–Crippen MR) is 268 cm³/mol. The largest absolute Gasteiger partial charge is 0.317 e. The van der Waals surface area contributed by atoms with E-state index in [0.717, 1.165) is 73.8 Å². The van der Waals surface area contributed by atoms with Gasteiger partial charge in [-0.05, 0) is 78.9 Å². The highest BCUT2D eigenvalue weighted by Gasteiger charge is 2.47. The predicted octanol–water partition coefficient (Wildman–Crippen LogP) is 13.3. The van der Waals surface area contributed by atoms with Gasteiger partial charge in [0.2, 0.25) is 0 Å². The highest BCUT2D eigenvalue weighted by Crippen LogP contribution is 2.55. The fourth-order valence-corrected chi connectivity index (χ4v) is 12.4. The molecule has 13 rings (SSSR count). The molecular formula is C57H53N9. The zero-order chi connectivity index (χ0) is 45.2. The molecule has 2 unspecified atom stereocenters. The molecule has 9 nitrogen and oxygen atoms in total. The lowest BCUT2D eigenvalue weighted by Crippen LogP contribution is -2.50. The normalized spacial score (nSPS) is 19.4. The third-order valence-electron chi connectivity index (χ3n) is 15.8. The Morgan fingerprint density at radius 1 is 0.394 bits per heavy atom. The number of hydrogen-bond acceptors (Lipinski definition) is 6. The first-order valence-electron chi connectivity index (χ1n) is 23.3. The van der Waals surface area contributed by atoms with Crippen LogP contribution in [-0.4, -0.2) is 34.9 Å². The summed E-state index contributed by atoms with van der Waals surface area (Å²) in [5, 5.41) is 17.2. The van der Waals surface area contributed by atoms with Crippen LogP contribution in [0.15, 0.2) is 146 Å². The van der Waals surface area contributed by atoms with Gasteiger partial charge in [-0.1, -0.05) is 157 Å². The van der Waals surface area contributed by atoms with Crippen molar-refractivity contribution < 1.29 is 0 Å². The van der Waals surface area contributed by atoms with Crippen LogP contribution in [0.5, 0.6) is 0 Å². The van der Waals surface area contributed by atoms with E-state index in [1.165, 1.54) is 33.5 Å². The van der Waals surface area contributed by atoms with Gasteiger partial charge in [0.15, 0.2) is 34.4 Å². The molecule has 0 spiro atoms. The van der Waals surface area contributed by atoms with Gasteiger partial charge in [-0.15, -0.1) is 15.3 Å². The molecule has 0 N–H and O–H groups in total. The first-order chi connectivity index (χ1) is 31.8. The molecule has 2 atom stereocenters. The van der Waals surface area contributed by atoms with Gasteiger partial charge in [0.1, 0.15) is 0 Å². The van der Waals surface area contributed by atoms with Crippen LogP contribution in [0.4, 0.5) is 45.9 Å². The molecule has 0 saturated heterocycles. The van der Waals surface area contributed by atoms with Crippen LogP contribution in [0.1, 0.15) is 86.1 Å². The maximum atomic E-state index is 5.76. The molecule has 5 aromatic carbocycles. The van der Waals surface area contributed by atoms with Crippen molar-refractivity contribution in [1.29, 1.82) is 0 Å². The number of anilines is 8. The molecule has 326 valence electrons. The van der Waals surface area contributed by atoms with E-state index in [4.69, 9.17) is 15.3 Å². The van der Waals surface area contributed by atoms with Crippen LogP contribution in [0.2, 0.25) is 0 Å². The second kappa shape index (κ2) is 13.1. The molecule has 66 heavy (non-hydrogen) atoms. The molecule has 0 amide bonds. The molecule has 4 aromatic heterocycles. The number of aryl methyl sites for hydroxylation is 3. The lowest BCUT2D eigenvalue weighted by Gasteiger charge is -2.50. The molecular weight excluding hydrogens is 811 g/mol. The third kappa shape index (κ3) is 4.82. The van der Waals surface area contributed by atoms with Crippen LogP contribution >= 0.6 is 0 Å². The number of rotatable bonds is 3. The van der Waals surface area contributed by atoms with E-state index in [2.05, 4.69) is 236 Å². The minimum Gasteiger partial charge on any atom is -0.317 e. The first kappa shape index (κ1) is 39.0. The summed E-state index contributed by atoms with van der Waals surface area (Å²) in [6.45, 7) is 20.7. The summed E-state index contributed by atoms with van der Waals surface area (Å²) < 4.78 is 6.38. The van der Waals surface area contributed by atoms with E-state index >= 15 is 0 Å². The van der Waals surface area contributed by atoms with Gasteiger partial charge in [0.05, 0.1) is 28.8 Å². The summed E-state index contributed by atoms with van der Waals surface area (Å²) in [5.41, 5.74) is 17.3. The highest BCUT2D eigenvalue weighted by molar-refractivity contribution is 5.91. The van der Waals surface area contributed by atoms with Crippen LogP contribution in [-0.2, 0) is 16.2 Å². The molecule has 9 heteroatoms. The Labute approximate surface area is 385 Å². The number of aromatic nitrogens is 6. The number of allylic oxidation sites excluding steroid dienone is 2. The standard InChI is InChI=1S/C57H53N9/c1-34-49(61-43-28-16-10-22-37(43)55(4,5)38-23-11-17-29-44(38)61)58-64-52(34)65-54(35(2)50(59-65)62-45-30-18-12-24-39(45)56(6,7)40-25-13-19-31-46(40)62)66-53(64)36(3)51(60-66)63-47-32-20-14-26-41(47)57(8,9)42-27-15-21-33-48(42)63/h10-33,37,43H,1-9H3. The van der Waals surface area contributed by atoms with Gasteiger partial charge in [-0.25, -0.2) is 0 Å². The average molecular weight is 864 g/mol.